The highest BCUT2D eigenvalue weighted by Crippen LogP contribution is 2.31. The number of hydrogen-bond acceptors (Lipinski definition) is 3. The number of sulfone groups is 1. The Bertz CT molecular complexity index is 572. The third-order valence-corrected chi connectivity index (χ3v) is 5.06. The number of hydrogen-bond donors (Lipinski definition) is 1. The Hall–Kier alpha value is -1.24. The number of benzene rings is 1. The lowest BCUT2D eigenvalue weighted by Crippen LogP contribution is -2.25. The van der Waals surface area contributed by atoms with Gasteiger partial charge in [0.15, 0.2) is 0 Å². The van der Waals surface area contributed by atoms with Crippen molar-refractivity contribution in [3.63, 3.8) is 0 Å². The molecule has 1 rings (SSSR count). The van der Waals surface area contributed by atoms with E-state index in [-0.39, 0.29) is 5.41 Å². The fourth-order valence-electron chi connectivity index (χ4n) is 1.46. The van der Waals surface area contributed by atoms with Gasteiger partial charge in [-0.3, -0.25) is 0 Å². The number of alkyl halides is 3. The predicted molar refractivity (Wildman–Crippen MR) is 76.8 cm³/mol. The molecule has 3 nitrogen and oxygen atoms in total. The lowest BCUT2D eigenvalue weighted by Gasteiger charge is -2.27. The standard InChI is InChI=1S/C14H20F3NO2S/c1-10(13(2,3)4)9-18-11-5-7-12(8-6-11)21(19,20)14(15,16)17/h5-8,10,18H,9H2,1-4H3. The van der Waals surface area contributed by atoms with Crippen molar-refractivity contribution in [2.24, 2.45) is 11.3 Å². The first kappa shape index (κ1) is 17.8. The van der Waals surface area contributed by atoms with Crippen molar-refractivity contribution < 1.29 is 21.6 Å². The van der Waals surface area contributed by atoms with E-state index in [1.54, 1.807) is 0 Å². The molecule has 7 heteroatoms. The van der Waals surface area contributed by atoms with E-state index in [1.165, 1.54) is 12.1 Å². The van der Waals surface area contributed by atoms with Gasteiger partial charge in [-0.05, 0) is 35.6 Å². The van der Waals surface area contributed by atoms with Crippen LogP contribution < -0.4 is 5.32 Å². The quantitative estimate of drug-likeness (QED) is 0.908. The second kappa shape index (κ2) is 5.87. The molecule has 0 bridgehead atoms. The Kier molecular flexibility index (Phi) is 4.98. The normalized spacial score (nSPS) is 14.8. The summed E-state index contributed by atoms with van der Waals surface area (Å²) in [6, 6.07) is 4.61. The van der Waals surface area contributed by atoms with E-state index in [4.69, 9.17) is 0 Å². The maximum atomic E-state index is 12.4. The molecule has 0 radical (unpaired) electrons. The zero-order chi connectivity index (χ0) is 16.5. The van der Waals surface area contributed by atoms with Gasteiger partial charge in [0.25, 0.3) is 9.84 Å². The second-order valence-corrected chi connectivity index (χ2v) is 8.06. The van der Waals surface area contributed by atoms with E-state index in [9.17, 15) is 21.6 Å². The molecule has 0 heterocycles. The van der Waals surface area contributed by atoms with Crippen LogP contribution in [0.25, 0.3) is 0 Å². The summed E-state index contributed by atoms with van der Waals surface area (Å²) in [5.41, 5.74) is -4.58. The highest BCUT2D eigenvalue weighted by Gasteiger charge is 2.46. The summed E-state index contributed by atoms with van der Waals surface area (Å²) in [6.45, 7) is 9.00. The topological polar surface area (TPSA) is 46.2 Å². The maximum absolute atomic E-state index is 12.4. The van der Waals surface area contributed by atoms with Crippen molar-refractivity contribution in [3.8, 4) is 0 Å². The fourth-order valence-corrected chi connectivity index (χ4v) is 2.22. The first-order chi connectivity index (χ1) is 9.35. The Balaban J connectivity index is 2.81. The number of anilines is 1. The van der Waals surface area contributed by atoms with Gasteiger partial charge in [-0.25, -0.2) is 8.42 Å². The van der Waals surface area contributed by atoms with Gasteiger partial charge in [0.2, 0.25) is 0 Å². The molecule has 21 heavy (non-hydrogen) atoms. The molecule has 0 fully saturated rings. The van der Waals surface area contributed by atoms with Gasteiger partial charge < -0.3 is 5.32 Å². The van der Waals surface area contributed by atoms with Crippen LogP contribution in [-0.2, 0) is 9.84 Å². The van der Waals surface area contributed by atoms with E-state index in [0.29, 0.717) is 18.2 Å². The van der Waals surface area contributed by atoms with Crippen LogP contribution in [0.1, 0.15) is 27.7 Å². The van der Waals surface area contributed by atoms with E-state index < -0.39 is 20.2 Å². The Morgan fingerprint density at radius 3 is 1.95 bits per heavy atom. The summed E-state index contributed by atoms with van der Waals surface area (Å²) in [4.78, 5) is -0.746. The summed E-state index contributed by atoms with van der Waals surface area (Å²) in [7, 11) is -5.28. The molecule has 0 aromatic heterocycles. The third-order valence-electron chi connectivity index (χ3n) is 3.56. The number of nitrogens with one attached hydrogen (secondary N) is 1. The maximum Gasteiger partial charge on any atom is 0.501 e. The monoisotopic (exact) mass is 323 g/mol. The van der Waals surface area contributed by atoms with Crippen LogP contribution in [0.5, 0.6) is 0 Å². The first-order valence-corrected chi connectivity index (χ1v) is 7.99. The van der Waals surface area contributed by atoms with Gasteiger partial charge in [-0.2, -0.15) is 13.2 Å². The van der Waals surface area contributed by atoms with Crippen molar-refractivity contribution in [2.75, 3.05) is 11.9 Å². The van der Waals surface area contributed by atoms with Gasteiger partial charge in [0, 0.05) is 12.2 Å². The first-order valence-electron chi connectivity index (χ1n) is 6.51. The second-order valence-electron chi connectivity index (χ2n) is 6.12. The lowest BCUT2D eigenvalue weighted by atomic mass is 9.82. The van der Waals surface area contributed by atoms with Gasteiger partial charge in [0.1, 0.15) is 0 Å². The SMILES string of the molecule is CC(CNc1ccc(S(=O)(=O)C(F)(F)F)cc1)C(C)(C)C. The molecular formula is C14H20F3NO2S. The molecule has 0 aliphatic carbocycles. The molecular weight excluding hydrogens is 303 g/mol. The van der Waals surface area contributed by atoms with E-state index in [0.717, 1.165) is 12.1 Å². The minimum absolute atomic E-state index is 0.104. The van der Waals surface area contributed by atoms with Crippen LogP contribution in [0.2, 0.25) is 0 Å². The van der Waals surface area contributed by atoms with E-state index in [2.05, 4.69) is 33.0 Å². The molecule has 1 N–H and O–H groups in total. The molecule has 1 aromatic rings. The van der Waals surface area contributed by atoms with Crippen molar-refractivity contribution >= 4 is 15.5 Å². The minimum Gasteiger partial charge on any atom is -0.385 e. The van der Waals surface area contributed by atoms with Crippen LogP contribution in [0.15, 0.2) is 29.2 Å². The lowest BCUT2D eigenvalue weighted by molar-refractivity contribution is -0.0436. The Labute approximate surface area is 123 Å². The molecule has 0 saturated heterocycles. The Morgan fingerprint density at radius 1 is 1.10 bits per heavy atom. The molecule has 0 saturated carbocycles. The fraction of sp³-hybridized carbons (Fsp3) is 0.571. The largest absolute Gasteiger partial charge is 0.501 e. The van der Waals surface area contributed by atoms with E-state index in [1.807, 2.05) is 0 Å². The highest BCUT2D eigenvalue weighted by atomic mass is 32.2. The summed E-state index contributed by atoms with van der Waals surface area (Å²) in [6.07, 6.45) is 0. The number of rotatable bonds is 4. The van der Waals surface area contributed by atoms with Crippen LogP contribution in [0.4, 0.5) is 18.9 Å². The molecule has 0 aliphatic rings. The van der Waals surface area contributed by atoms with E-state index >= 15 is 0 Å². The average molecular weight is 323 g/mol. The Morgan fingerprint density at radius 2 is 1.57 bits per heavy atom. The van der Waals surface area contributed by atoms with Gasteiger partial charge in [-0.15, -0.1) is 0 Å². The molecule has 120 valence electrons. The average Bonchev–Trinajstić information content (AvgIpc) is 2.33. The predicted octanol–water partition coefficient (Wildman–Crippen LogP) is 4.07. The van der Waals surface area contributed by atoms with Gasteiger partial charge in [0.05, 0.1) is 4.90 Å². The molecule has 1 unspecified atom stereocenters. The van der Waals surface area contributed by atoms with Gasteiger partial charge >= 0.3 is 5.51 Å². The van der Waals surface area contributed by atoms with Crippen LogP contribution in [0.3, 0.4) is 0 Å². The molecule has 0 aliphatic heterocycles. The highest BCUT2D eigenvalue weighted by molar-refractivity contribution is 7.92. The third kappa shape index (κ3) is 4.36. The minimum atomic E-state index is -5.28. The van der Waals surface area contributed by atoms with Crippen molar-refractivity contribution in [1.29, 1.82) is 0 Å². The smallest absolute Gasteiger partial charge is 0.385 e. The molecule has 0 spiro atoms. The van der Waals surface area contributed by atoms with Gasteiger partial charge in [-0.1, -0.05) is 27.7 Å². The van der Waals surface area contributed by atoms with Crippen LogP contribution >= 0.6 is 0 Å². The summed E-state index contributed by atoms with van der Waals surface area (Å²) in [5.74, 6) is 0.344. The zero-order valence-electron chi connectivity index (χ0n) is 12.5. The molecule has 0 amide bonds. The summed E-state index contributed by atoms with van der Waals surface area (Å²) in [5, 5.41) is 3.09. The summed E-state index contributed by atoms with van der Waals surface area (Å²) >= 11 is 0. The van der Waals surface area contributed by atoms with Crippen LogP contribution in [0, 0.1) is 11.3 Å². The molecule has 1 atom stereocenters. The molecule has 1 aromatic carbocycles. The zero-order valence-corrected chi connectivity index (χ0v) is 13.3. The van der Waals surface area contributed by atoms with Crippen molar-refractivity contribution in [2.45, 2.75) is 38.1 Å². The van der Waals surface area contributed by atoms with Crippen molar-refractivity contribution in [1.82, 2.24) is 0 Å². The summed E-state index contributed by atoms with van der Waals surface area (Å²) < 4.78 is 59.6. The van der Waals surface area contributed by atoms with Crippen LogP contribution in [-0.4, -0.2) is 20.5 Å². The van der Waals surface area contributed by atoms with Crippen molar-refractivity contribution in [3.05, 3.63) is 24.3 Å². The number of halogens is 3.